The average molecular weight is 231 g/mol. The van der Waals surface area contributed by atoms with E-state index in [4.69, 9.17) is 21.4 Å². The Labute approximate surface area is 93.9 Å². The maximum absolute atomic E-state index is 9.78. The molecule has 2 fully saturated rings. The molecule has 3 unspecified atom stereocenters. The van der Waals surface area contributed by atoms with Crippen LogP contribution in [-0.2, 0) is 9.78 Å². The number of aliphatic hydroxyl groups is 1. The normalized spacial score (nSPS) is 43.1. The third-order valence-electron chi connectivity index (χ3n) is 3.92. The van der Waals surface area contributed by atoms with Crippen molar-refractivity contribution in [2.24, 2.45) is 5.92 Å². The second kappa shape index (κ2) is 3.45. The highest BCUT2D eigenvalue weighted by Crippen LogP contribution is 2.50. The molecule has 1 saturated carbocycles. The van der Waals surface area contributed by atoms with Crippen LogP contribution in [0, 0.1) is 5.92 Å². The van der Waals surface area contributed by atoms with Gasteiger partial charge in [-0.3, -0.25) is 0 Å². The standard InChI is InChI=1S/C11H15ClO3/c12-8-6-7-10(9(8)13)14-15-11(7)4-2-1-3-5-11/h6-7,9-10,13H,1-5H2. The summed E-state index contributed by atoms with van der Waals surface area (Å²) >= 11 is 5.94. The van der Waals surface area contributed by atoms with E-state index in [9.17, 15) is 5.11 Å². The molecule has 0 amide bonds. The molecule has 3 rings (SSSR count). The molecule has 1 saturated heterocycles. The Morgan fingerprint density at radius 2 is 2.07 bits per heavy atom. The summed E-state index contributed by atoms with van der Waals surface area (Å²) in [5, 5.41) is 10.3. The van der Waals surface area contributed by atoms with Crippen LogP contribution in [-0.4, -0.2) is 22.9 Å². The van der Waals surface area contributed by atoms with Crippen molar-refractivity contribution in [3.63, 3.8) is 0 Å². The predicted octanol–water partition coefficient (Wildman–Crippen LogP) is 2.13. The number of hydrogen-bond acceptors (Lipinski definition) is 3. The smallest absolute Gasteiger partial charge is 0.133 e. The zero-order valence-corrected chi connectivity index (χ0v) is 9.24. The highest BCUT2D eigenvalue weighted by atomic mass is 35.5. The maximum Gasteiger partial charge on any atom is 0.133 e. The first-order valence-corrected chi connectivity index (χ1v) is 6.00. The van der Waals surface area contributed by atoms with E-state index in [1.54, 1.807) is 0 Å². The van der Waals surface area contributed by atoms with Gasteiger partial charge in [0, 0.05) is 11.0 Å². The third-order valence-corrected chi connectivity index (χ3v) is 4.27. The second-order valence-electron chi connectivity index (χ2n) is 4.79. The van der Waals surface area contributed by atoms with E-state index in [0.29, 0.717) is 5.03 Å². The average Bonchev–Trinajstić information content (AvgIpc) is 2.72. The van der Waals surface area contributed by atoms with Crippen molar-refractivity contribution in [2.75, 3.05) is 0 Å². The van der Waals surface area contributed by atoms with Gasteiger partial charge < -0.3 is 5.11 Å². The summed E-state index contributed by atoms with van der Waals surface area (Å²) in [6, 6.07) is 0. The number of fused-ring (bicyclic) bond motifs is 2. The predicted molar refractivity (Wildman–Crippen MR) is 55.2 cm³/mol. The van der Waals surface area contributed by atoms with E-state index in [1.807, 2.05) is 6.08 Å². The Balaban J connectivity index is 1.88. The van der Waals surface area contributed by atoms with Crippen LogP contribution >= 0.6 is 11.6 Å². The van der Waals surface area contributed by atoms with Gasteiger partial charge in [0.1, 0.15) is 17.8 Å². The lowest BCUT2D eigenvalue weighted by Gasteiger charge is -2.33. The molecule has 1 N–H and O–H groups in total. The van der Waals surface area contributed by atoms with E-state index >= 15 is 0 Å². The number of halogens is 1. The van der Waals surface area contributed by atoms with E-state index in [0.717, 1.165) is 12.8 Å². The molecule has 0 aromatic rings. The molecule has 1 spiro atoms. The Hall–Kier alpha value is -0.0900. The SMILES string of the molecule is OC1C(Cl)=CC2C1OOC21CCCCC1. The molecule has 4 heteroatoms. The Kier molecular flexibility index (Phi) is 2.32. The molecular formula is C11H15ClO3. The van der Waals surface area contributed by atoms with Crippen molar-refractivity contribution < 1.29 is 14.9 Å². The van der Waals surface area contributed by atoms with Gasteiger partial charge in [0.2, 0.25) is 0 Å². The summed E-state index contributed by atoms with van der Waals surface area (Å²) < 4.78 is 0. The van der Waals surface area contributed by atoms with E-state index in [2.05, 4.69) is 0 Å². The van der Waals surface area contributed by atoms with Crippen LogP contribution in [0.2, 0.25) is 0 Å². The summed E-state index contributed by atoms with van der Waals surface area (Å²) in [5.41, 5.74) is -0.208. The molecule has 2 aliphatic carbocycles. The van der Waals surface area contributed by atoms with E-state index in [-0.39, 0.29) is 17.6 Å². The molecule has 1 heterocycles. The summed E-state index contributed by atoms with van der Waals surface area (Å²) in [5.74, 6) is 0.139. The van der Waals surface area contributed by atoms with Crippen LogP contribution in [0.1, 0.15) is 32.1 Å². The van der Waals surface area contributed by atoms with Crippen molar-refractivity contribution in [3.05, 3.63) is 11.1 Å². The molecular weight excluding hydrogens is 216 g/mol. The number of rotatable bonds is 0. The monoisotopic (exact) mass is 230 g/mol. The van der Waals surface area contributed by atoms with Gasteiger partial charge in [-0.2, -0.15) is 0 Å². The minimum atomic E-state index is -0.696. The highest BCUT2D eigenvalue weighted by molar-refractivity contribution is 6.30. The van der Waals surface area contributed by atoms with Gasteiger partial charge in [-0.25, -0.2) is 9.78 Å². The molecule has 0 radical (unpaired) electrons. The first-order chi connectivity index (χ1) is 7.23. The van der Waals surface area contributed by atoms with Gasteiger partial charge in [0.15, 0.2) is 0 Å². The lowest BCUT2D eigenvalue weighted by Crippen LogP contribution is -2.39. The summed E-state index contributed by atoms with van der Waals surface area (Å²) in [6.45, 7) is 0. The Bertz CT molecular complexity index is 296. The molecule has 84 valence electrons. The van der Waals surface area contributed by atoms with Crippen molar-refractivity contribution in [2.45, 2.75) is 49.9 Å². The third kappa shape index (κ3) is 1.37. The first kappa shape index (κ1) is 10.1. The Morgan fingerprint density at radius 3 is 2.80 bits per heavy atom. The summed E-state index contributed by atoms with van der Waals surface area (Å²) in [7, 11) is 0. The minimum Gasteiger partial charge on any atom is -0.385 e. The van der Waals surface area contributed by atoms with Crippen molar-refractivity contribution in [1.82, 2.24) is 0 Å². The van der Waals surface area contributed by atoms with Crippen LogP contribution in [0.15, 0.2) is 11.1 Å². The van der Waals surface area contributed by atoms with E-state index in [1.165, 1.54) is 19.3 Å². The Morgan fingerprint density at radius 1 is 1.33 bits per heavy atom. The zero-order chi connectivity index (χ0) is 10.5. The number of aliphatic hydroxyl groups excluding tert-OH is 1. The molecule has 3 nitrogen and oxygen atoms in total. The number of hydrogen-bond donors (Lipinski definition) is 1. The molecule has 0 aromatic heterocycles. The van der Waals surface area contributed by atoms with Crippen LogP contribution in [0.3, 0.4) is 0 Å². The van der Waals surface area contributed by atoms with Crippen molar-refractivity contribution in [1.29, 1.82) is 0 Å². The molecule has 3 atom stereocenters. The molecule has 0 bridgehead atoms. The van der Waals surface area contributed by atoms with Crippen LogP contribution in [0.4, 0.5) is 0 Å². The molecule has 0 aromatic carbocycles. The fraction of sp³-hybridized carbons (Fsp3) is 0.818. The van der Waals surface area contributed by atoms with Gasteiger partial charge in [0.25, 0.3) is 0 Å². The topological polar surface area (TPSA) is 38.7 Å². The largest absolute Gasteiger partial charge is 0.385 e. The minimum absolute atomic E-state index is 0.139. The van der Waals surface area contributed by atoms with Crippen molar-refractivity contribution in [3.8, 4) is 0 Å². The van der Waals surface area contributed by atoms with E-state index < -0.39 is 6.10 Å². The fourth-order valence-corrected chi connectivity index (χ4v) is 3.32. The molecule has 1 aliphatic heterocycles. The van der Waals surface area contributed by atoms with Gasteiger partial charge in [-0.1, -0.05) is 36.9 Å². The van der Waals surface area contributed by atoms with Gasteiger partial charge in [0.05, 0.1) is 0 Å². The van der Waals surface area contributed by atoms with Crippen LogP contribution in [0.25, 0.3) is 0 Å². The van der Waals surface area contributed by atoms with Gasteiger partial charge >= 0.3 is 0 Å². The molecule has 3 aliphatic rings. The van der Waals surface area contributed by atoms with Gasteiger partial charge in [-0.05, 0) is 12.8 Å². The highest BCUT2D eigenvalue weighted by Gasteiger charge is 2.56. The fourth-order valence-electron chi connectivity index (χ4n) is 3.06. The molecule has 15 heavy (non-hydrogen) atoms. The van der Waals surface area contributed by atoms with Crippen LogP contribution < -0.4 is 0 Å². The lowest BCUT2D eigenvalue weighted by atomic mass is 9.75. The summed E-state index contributed by atoms with van der Waals surface area (Å²) in [4.78, 5) is 10.8. The van der Waals surface area contributed by atoms with Crippen molar-refractivity contribution >= 4 is 11.6 Å². The van der Waals surface area contributed by atoms with Crippen LogP contribution in [0.5, 0.6) is 0 Å². The lowest BCUT2D eigenvalue weighted by molar-refractivity contribution is -0.337. The first-order valence-electron chi connectivity index (χ1n) is 5.63. The zero-order valence-electron chi connectivity index (χ0n) is 8.49. The van der Waals surface area contributed by atoms with Gasteiger partial charge in [-0.15, -0.1) is 0 Å². The quantitative estimate of drug-likeness (QED) is 0.648. The summed E-state index contributed by atoms with van der Waals surface area (Å²) in [6.07, 6.45) is 6.59. The maximum atomic E-state index is 9.78. The second-order valence-corrected chi connectivity index (χ2v) is 5.23.